The molecule has 0 aliphatic carbocycles. The minimum atomic E-state index is 0.150. The first-order valence-electron chi connectivity index (χ1n) is 5.88. The third-order valence-electron chi connectivity index (χ3n) is 3.66. The Morgan fingerprint density at radius 3 is 2.47 bits per heavy atom. The summed E-state index contributed by atoms with van der Waals surface area (Å²) in [5, 5.41) is 0. The molecule has 3 nitrogen and oxygen atoms in total. The van der Waals surface area contributed by atoms with E-state index in [-0.39, 0.29) is 4.87 Å². The fourth-order valence-corrected chi connectivity index (χ4v) is 4.08. The highest BCUT2D eigenvalue weighted by molar-refractivity contribution is 8.01. The van der Waals surface area contributed by atoms with Crippen LogP contribution < -0.4 is 0 Å². The summed E-state index contributed by atoms with van der Waals surface area (Å²) in [7, 11) is 0. The molecule has 2 rings (SSSR count). The molecule has 86 valence electrons. The largest absolute Gasteiger partial charge is 0.327 e. The van der Waals surface area contributed by atoms with Gasteiger partial charge in [0.25, 0.3) is 0 Å². The summed E-state index contributed by atoms with van der Waals surface area (Å²) >= 11 is 1.87. The van der Waals surface area contributed by atoms with E-state index in [1.54, 1.807) is 0 Å². The van der Waals surface area contributed by atoms with Crippen LogP contribution in [0.1, 0.15) is 26.7 Å². The molecule has 2 aliphatic heterocycles. The van der Waals surface area contributed by atoms with Crippen LogP contribution in [0.4, 0.5) is 0 Å². The molecule has 2 saturated heterocycles. The number of carbonyl (C=O) groups excluding carboxylic acids is 1. The maximum Gasteiger partial charge on any atom is 0.233 e. The Kier molecular flexibility index (Phi) is 3.26. The van der Waals surface area contributed by atoms with E-state index < -0.39 is 0 Å². The van der Waals surface area contributed by atoms with Gasteiger partial charge in [0.2, 0.25) is 5.91 Å². The van der Waals surface area contributed by atoms with Crippen molar-refractivity contribution in [3.8, 4) is 0 Å². The van der Waals surface area contributed by atoms with Crippen LogP contribution in [0.25, 0.3) is 0 Å². The van der Waals surface area contributed by atoms with Crippen LogP contribution in [-0.4, -0.2) is 52.5 Å². The van der Waals surface area contributed by atoms with Crippen LogP contribution >= 0.6 is 11.8 Å². The molecular formula is C11H20N2OS. The van der Waals surface area contributed by atoms with Gasteiger partial charge in [-0.1, -0.05) is 6.92 Å². The van der Waals surface area contributed by atoms with Crippen molar-refractivity contribution < 1.29 is 4.79 Å². The summed E-state index contributed by atoms with van der Waals surface area (Å²) in [4.78, 5) is 16.4. The van der Waals surface area contributed by atoms with E-state index in [1.165, 1.54) is 0 Å². The van der Waals surface area contributed by atoms with Crippen molar-refractivity contribution >= 4 is 17.7 Å². The summed E-state index contributed by atoms with van der Waals surface area (Å²) in [5.41, 5.74) is 0. The predicted octanol–water partition coefficient (Wildman–Crippen LogP) is 1.39. The molecule has 1 amide bonds. The monoisotopic (exact) mass is 228 g/mol. The van der Waals surface area contributed by atoms with Crippen LogP contribution in [0.3, 0.4) is 0 Å². The third kappa shape index (κ3) is 1.89. The van der Waals surface area contributed by atoms with Crippen molar-refractivity contribution in [2.45, 2.75) is 31.6 Å². The molecule has 4 heteroatoms. The van der Waals surface area contributed by atoms with Crippen molar-refractivity contribution in [3.63, 3.8) is 0 Å². The molecule has 2 fully saturated rings. The Labute approximate surface area is 96.2 Å². The Morgan fingerprint density at radius 2 is 1.93 bits per heavy atom. The smallest absolute Gasteiger partial charge is 0.233 e. The Hall–Kier alpha value is -0.220. The quantitative estimate of drug-likeness (QED) is 0.713. The number of thioether (sulfide) groups is 1. The number of rotatable bonds is 2. The van der Waals surface area contributed by atoms with Gasteiger partial charge in [-0.2, -0.15) is 0 Å². The highest BCUT2D eigenvalue weighted by atomic mass is 32.2. The van der Waals surface area contributed by atoms with E-state index in [2.05, 4.69) is 23.6 Å². The molecule has 0 atom stereocenters. The lowest BCUT2D eigenvalue weighted by Gasteiger charge is -2.43. The standard InChI is InChI=1S/C11H20N2OS/c1-3-12-7-5-11(6-8-12)13(4-2)10(14)9-15-11/h3-9H2,1-2H3. The van der Waals surface area contributed by atoms with Gasteiger partial charge in [-0.3, -0.25) is 4.79 Å². The van der Waals surface area contributed by atoms with E-state index in [9.17, 15) is 4.79 Å². The average Bonchev–Trinajstić information content (AvgIpc) is 2.57. The Morgan fingerprint density at radius 1 is 1.27 bits per heavy atom. The van der Waals surface area contributed by atoms with Crippen LogP contribution in [-0.2, 0) is 4.79 Å². The molecule has 0 unspecified atom stereocenters. The number of hydrogen-bond acceptors (Lipinski definition) is 3. The summed E-state index contributed by atoms with van der Waals surface area (Å²) in [6.45, 7) is 8.61. The molecule has 0 aromatic heterocycles. The van der Waals surface area contributed by atoms with Crippen LogP contribution in [0.15, 0.2) is 0 Å². The van der Waals surface area contributed by atoms with Crippen molar-refractivity contribution in [2.75, 3.05) is 31.9 Å². The molecule has 0 saturated carbocycles. The SMILES string of the molecule is CCN1CCC2(CC1)SCC(=O)N2CC. The molecule has 15 heavy (non-hydrogen) atoms. The van der Waals surface area contributed by atoms with Gasteiger partial charge < -0.3 is 9.80 Å². The third-order valence-corrected chi connectivity index (χ3v) is 5.22. The van der Waals surface area contributed by atoms with Crippen LogP contribution in [0.5, 0.6) is 0 Å². The summed E-state index contributed by atoms with van der Waals surface area (Å²) in [6.07, 6.45) is 2.29. The van der Waals surface area contributed by atoms with Gasteiger partial charge in [0.05, 0.1) is 10.6 Å². The van der Waals surface area contributed by atoms with Gasteiger partial charge in [0, 0.05) is 19.6 Å². The number of hydrogen-bond donors (Lipinski definition) is 0. The van der Waals surface area contributed by atoms with E-state index in [1.807, 2.05) is 11.8 Å². The zero-order chi connectivity index (χ0) is 10.9. The van der Waals surface area contributed by atoms with Crippen LogP contribution in [0, 0.1) is 0 Å². The normalized spacial score (nSPS) is 26.5. The molecule has 0 bridgehead atoms. The van der Waals surface area contributed by atoms with Crippen molar-refractivity contribution in [1.29, 1.82) is 0 Å². The lowest BCUT2D eigenvalue weighted by Crippen LogP contribution is -2.51. The Bertz CT molecular complexity index is 249. The van der Waals surface area contributed by atoms with Gasteiger partial charge in [0.15, 0.2) is 0 Å². The zero-order valence-corrected chi connectivity index (χ0v) is 10.5. The van der Waals surface area contributed by atoms with Crippen molar-refractivity contribution in [1.82, 2.24) is 9.80 Å². The number of nitrogens with zero attached hydrogens (tertiary/aromatic N) is 2. The summed E-state index contributed by atoms with van der Waals surface area (Å²) in [6, 6.07) is 0. The maximum absolute atomic E-state index is 11.7. The second-order valence-electron chi connectivity index (χ2n) is 4.31. The fourth-order valence-electron chi connectivity index (χ4n) is 2.68. The molecule has 2 heterocycles. The van der Waals surface area contributed by atoms with Gasteiger partial charge in [-0.05, 0) is 26.3 Å². The number of amides is 1. The maximum atomic E-state index is 11.7. The van der Waals surface area contributed by atoms with Gasteiger partial charge >= 0.3 is 0 Å². The van der Waals surface area contributed by atoms with Gasteiger partial charge in [0.1, 0.15) is 0 Å². The van der Waals surface area contributed by atoms with Crippen LogP contribution in [0.2, 0.25) is 0 Å². The second-order valence-corrected chi connectivity index (χ2v) is 5.64. The topological polar surface area (TPSA) is 23.6 Å². The number of piperidine rings is 1. The van der Waals surface area contributed by atoms with Crippen molar-refractivity contribution in [3.05, 3.63) is 0 Å². The first-order valence-corrected chi connectivity index (χ1v) is 6.87. The number of likely N-dealkylation sites (tertiary alicyclic amines) is 1. The lowest BCUT2D eigenvalue weighted by molar-refractivity contribution is -0.130. The van der Waals surface area contributed by atoms with E-state index in [4.69, 9.17) is 0 Å². The van der Waals surface area contributed by atoms with Crippen molar-refractivity contribution in [2.24, 2.45) is 0 Å². The predicted molar refractivity (Wildman–Crippen MR) is 63.9 cm³/mol. The van der Waals surface area contributed by atoms with Gasteiger partial charge in [-0.25, -0.2) is 0 Å². The Balaban J connectivity index is 2.05. The van der Waals surface area contributed by atoms with Gasteiger partial charge in [-0.15, -0.1) is 11.8 Å². The molecule has 0 N–H and O–H groups in total. The highest BCUT2D eigenvalue weighted by Crippen LogP contribution is 2.43. The average molecular weight is 228 g/mol. The first kappa shape index (κ1) is 11.3. The first-order chi connectivity index (χ1) is 7.22. The molecule has 1 spiro atoms. The molecule has 2 aliphatic rings. The van der Waals surface area contributed by atoms with E-state index in [0.29, 0.717) is 11.7 Å². The zero-order valence-electron chi connectivity index (χ0n) is 9.66. The second kappa shape index (κ2) is 4.34. The number of carbonyl (C=O) groups is 1. The van der Waals surface area contributed by atoms with E-state index in [0.717, 1.165) is 39.0 Å². The van der Waals surface area contributed by atoms with E-state index >= 15 is 0 Å². The minimum Gasteiger partial charge on any atom is -0.327 e. The molecular weight excluding hydrogens is 208 g/mol. The molecule has 0 radical (unpaired) electrons. The fraction of sp³-hybridized carbons (Fsp3) is 0.909. The summed E-state index contributed by atoms with van der Waals surface area (Å²) in [5.74, 6) is 1.03. The molecule has 0 aromatic rings. The lowest BCUT2D eigenvalue weighted by atomic mass is 10.0. The highest BCUT2D eigenvalue weighted by Gasteiger charge is 2.46. The summed E-state index contributed by atoms with van der Waals surface area (Å²) < 4.78 is 0. The minimum absolute atomic E-state index is 0.150. The molecule has 0 aromatic carbocycles.